The average molecular weight is 169 g/mol. The molecule has 2 rings (SSSR count). The number of hydrogen-bond donors (Lipinski definition) is 1. The minimum Gasteiger partial charge on any atom is -0.469 e. The van der Waals surface area contributed by atoms with Crippen molar-refractivity contribution in [3.63, 3.8) is 0 Å². The highest BCUT2D eigenvalue weighted by Crippen LogP contribution is 2.33. The number of methoxy groups -OCH3 is 1. The van der Waals surface area contributed by atoms with Crippen LogP contribution in [0.2, 0.25) is 0 Å². The fourth-order valence-electron chi connectivity index (χ4n) is 2.46. The van der Waals surface area contributed by atoms with Crippen molar-refractivity contribution in [3.8, 4) is 0 Å². The van der Waals surface area contributed by atoms with Gasteiger partial charge in [-0.05, 0) is 31.7 Å². The monoisotopic (exact) mass is 169 g/mol. The van der Waals surface area contributed by atoms with Crippen molar-refractivity contribution < 1.29 is 9.53 Å². The molecule has 2 bridgehead atoms. The maximum absolute atomic E-state index is 11.2. The molecule has 0 aromatic carbocycles. The van der Waals surface area contributed by atoms with E-state index in [1.165, 1.54) is 13.5 Å². The lowest BCUT2D eigenvalue weighted by molar-refractivity contribution is -0.146. The molecule has 1 aliphatic heterocycles. The van der Waals surface area contributed by atoms with Crippen molar-refractivity contribution in [2.45, 2.75) is 25.3 Å². The summed E-state index contributed by atoms with van der Waals surface area (Å²) >= 11 is 0. The quantitative estimate of drug-likeness (QED) is 0.582. The van der Waals surface area contributed by atoms with Crippen LogP contribution in [0.1, 0.15) is 19.3 Å². The summed E-state index contributed by atoms with van der Waals surface area (Å²) in [6, 6.07) is 0.577. The van der Waals surface area contributed by atoms with E-state index in [1.807, 2.05) is 0 Å². The highest BCUT2D eigenvalue weighted by Gasteiger charge is 2.37. The summed E-state index contributed by atoms with van der Waals surface area (Å²) < 4.78 is 4.75. The van der Waals surface area contributed by atoms with Crippen molar-refractivity contribution in [2.75, 3.05) is 13.7 Å². The van der Waals surface area contributed by atoms with Crippen molar-refractivity contribution in [1.82, 2.24) is 5.32 Å². The third-order valence-electron chi connectivity index (χ3n) is 3.03. The fourth-order valence-corrected chi connectivity index (χ4v) is 2.46. The zero-order chi connectivity index (χ0) is 8.55. The van der Waals surface area contributed by atoms with Crippen LogP contribution < -0.4 is 5.32 Å². The van der Waals surface area contributed by atoms with Gasteiger partial charge in [-0.2, -0.15) is 0 Å². The van der Waals surface area contributed by atoms with Gasteiger partial charge in [-0.25, -0.2) is 0 Å². The summed E-state index contributed by atoms with van der Waals surface area (Å²) in [7, 11) is 1.48. The van der Waals surface area contributed by atoms with Crippen LogP contribution in [-0.2, 0) is 9.53 Å². The minimum atomic E-state index is -0.0200. The standard InChI is InChI=1S/C9H15NO2/c1-12-9(11)7-2-6-3-8(4-7)10-5-6/h6-8,10H,2-5H2,1H3/t6-,7-,8-/m1/s1. The van der Waals surface area contributed by atoms with Gasteiger partial charge in [0.1, 0.15) is 0 Å². The third kappa shape index (κ3) is 1.33. The summed E-state index contributed by atoms with van der Waals surface area (Å²) in [6.45, 7) is 1.10. The summed E-state index contributed by atoms with van der Waals surface area (Å²) in [5.41, 5.74) is 0. The van der Waals surface area contributed by atoms with E-state index in [1.54, 1.807) is 0 Å². The lowest BCUT2D eigenvalue weighted by Gasteiger charge is -2.24. The number of fused-ring (bicyclic) bond motifs is 2. The molecule has 1 aliphatic carbocycles. The van der Waals surface area contributed by atoms with Crippen LogP contribution in [-0.4, -0.2) is 25.7 Å². The maximum Gasteiger partial charge on any atom is 0.308 e. The Bertz CT molecular complexity index is 181. The molecule has 1 saturated carbocycles. The topological polar surface area (TPSA) is 38.3 Å². The summed E-state index contributed by atoms with van der Waals surface area (Å²) in [5, 5.41) is 3.42. The Morgan fingerprint density at radius 1 is 1.42 bits per heavy atom. The molecule has 0 radical (unpaired) electrons. The van der Waals surface area contributed by atoms with E-state index < -0.39 is 0 Å². The predicted octanol–water partition coefficient (Wildman–Crippen LogP) is 0.547. The highest BCUT2D eigenvalue weighted by molar-refractivity contribution is 5.72. The normalized spacial score (nSPS) is 39.6. The minimum absolute atomic E-state index is 0.0200. The van der Waals surface area contributed by atoms with Crippen molar-refractivity contribution >= 4 is 5.97 Å². The molecule has 0 spiro atoms. The molecule has 12 heavy (non-hydrogen) atoms. The largest absolute Gasteiger partial charge is 0.469 e. The molecule has 3 atom stereocenters. The van der Waals surface area contributed by atoms with Crippen LogP contribution in [0, 0.1) is 11.8 Å². The number of carbonyl (C=O) groups excluding carboxylic acids is 1. The summed E-state index contributed by atoms with van der Waals surface area (Å²) in [6.07, 6.45) is 3.26. The number of rotatable bonds is 1. The first-order valence-electron chi connectivity index (χ1n) is 4.61. The van der Waals surface area contributed by atoms with Crippen molar-refractivity contribution in [1.29, 1.82) is 0 Å². The molecule has 2 fully saturated rings. The molecule has 3 nitrogen and oxygen atoms in total. The van der Waals surface area contributed by atoms with Gasteiger partial charge < -0.3 is 10.1 Å². The van der Waals surface area contributed by atoms with Gasteiger partial charge in [-0.1, -0.05) is 0 Å². The Hall–Kier alpha value is -0.570. The Kier molecular flexibility index (Phi) is 2.05. The van der Waals surface area contributed by atoms with E-state index in [9.17, 15) is 4.79 Å². The van der Waals surface area contributed by atoms with Gasteiger partial charge in [0.2, 0.25) is 0 Å². The second-order valence-electron chi connectivity index (χ2n) is 3.90. The lowest BCUT2D eigenvalue weighted by Crippen LogP contribution is -2.29. The van der Waals surface area contributed by atoms with E-state index in [0.29, 0.717) is 12.0 Å². The van der Waals surface area contributed by atoms with Crippen LogP contribution >= 0.6 is 0 Å². The number of ether oxygens (including phenoxy) is 1. The van der Waals surface area contributed by atoms with Gasteiger partial charge in [0.05, 0.1) is 13.0 Å². The fraction of sp³-hybridized carbons (Fsp3) is 0.889. The zero-order valence-electron chi connectivity index (χ0n) is 7.38. The zero-order valence-corrected chi connectivity index (χ0v) is 7.38. The SMILES string of the molecule is COC(=O)[C@@H]1C[C@H]2CN[C@H](C2)C1. The number of nitrogens with one attached hydrogen (secondary N) is 1. The molecular weight excluding hydrogens is 154 g/mol. The maximum atomic E-state index is 11.2. The molecular formula is C9H15NO2. The Balaban J connectivity index is 1.98. The van der Waals surface area contributed by atoms with Crippen LogP contribution in [0.4, 0.5) is 0 Å². The van der Waals surface area contributed by atoms with E-state index in [0.717, 1.165) is 19.4 Å². The second kappa shape index (κ2) is 3.05. The van der Waals surface area contributed by atoms with Gasteiger partial charge in [0, 0.05) is 6.04 Å². The molecule has 3 heteroatoms. The third-order valence-corrected chi connectivity index (χ3v) is 3.03. The highest BCUT2D eigenvalue weighted by atomic mass is 16.5. The van der Waals surface area contributed by atoms with Gasteiger partial charge in [-0.3, -0.25) is 4.79 Å². The molecule has 1 saturated heterocycles. The smallest absolute Gasteiger partial charge is 0.308 e. The Labute approximate surface area is 72.5 Å². The molecule has 1 N–H and O–H groups in total. The van der Waals surface area contributed by atoms with Crippen LogP contribution in [0.25, 0.3) is 0 Å². The van der Waals surface area contributed by atoms with Crippen molar-refractivity contribution in [3.05, 3.63) is 0 Å². The predicted molar refractivity (Wildman–Crippen MR) is 44.6 cm³/mol. The van der Waals surface area contributed by atoms with Gasteiger partial charge >= 0.3 is 5.97 Å². The van der Waals surface area contributed by atoms with Crippen LogP contribution in [0.5, 0.6) is 0 Å². The summed E-state index contributed by atoms with van der Waals surface area (Å²) in [4.78, 5) is 11.2. The van der Waals surface area contributed by atoms with Gasteiger partial charge in [0.15, 0.2) is 0 Å². The van der Waals surface area contributed by atoms with Gasteiger partial charge in [0.25, 0.3) is 0 Å². The van der Waals surface area contributed by atoms with E-state index in [4.69, 9.17) is 4.74 Å². The summed E-state index contributed by atoms with van der Waals surface area (Å²) in [5.74, 6) is 0.856. The Morgan fingerprint density at radius 3 is 2.92 bits per heavy atom. The molecule has 2 aliphatic rings. The average Bonchev–Trinajstić information content (AvgIpc) is 2.44. The first-order chi connectivity index (χ1) is 5.79. The second-order valence-corrected chi connectivity index (χ2v) is 3.90. The molecule has 0 aromatic heterocycles. The lowest BCUT2D eigenvalue weighted by atomic mass is 9.82. The van der Waals surface area contributed by atoms with Gasteiger partial charge in [-0.15, -0.1) is 0 Å². The molecule has 1 heterocycles. The first kappa shape index (κ1) is 8.05. The van der Waals surface area contributed by atoms with Crippen LogP contribution in [0.3, 0.4) is 0 Å². The molecule has 0 amide bonds. The van der Waals surface area contributed by atoms with E-state index in [2.05, 4.69) is 5.32 Å². The van der Waals surface area contributed by atoms with E-state index >= 15 is 0 Å². The van der Waals surface area contributed by atoms with Crippen molar-refractivity contribution in [2.24, 2.45) is 11.8 Å². The number of carbonyl (C=O) groups is 1. The first-order valence-corrected chi connectivity index (χ1v) is 4.61. The Morgan fingerprint density at radius 2 is 2.25 bits per heavy atom. The molecule has 0 aromatic rings. The van der Waals surface area contributed by atoms with Crippen LogP contribution in [0.15, 0.2) is 0 Å². The molecule has 0 unspecified atom stereocenters. The number of esters is 1. The molecule has 68 valence electrons. The number of hydrogen-bond acceptors (Lipinski definition) is 3. The van der Waals surface area contributed by atoms with E-state index in [-0.39, 0.29) is 11.9 Å².